The second-order valence-electron chi connectivity index (χ2n) is 5.95. The van der Waals surface area contributed by atoms with Gasteiger partial charge in [-0.1, -0.05) is 32.0 Å². The Bertz CT molecular complexity index is 701. The van der Waals surface area contributed by atoms with Gasteiger partial charge in [-0.05, 0) is 22.9 Å². The maximum atomic E-state index is 14.4. The topological polar surface area (TPSA) is 16.1 Å². The molecule has 1 atom stereocenters. The van der Waals surface area contributed by atoms with Crippen LogP contribution < -0.4 is 4.42 Å². The van der Waals surface area contributed by atoms with Crippen molar-refractivity contribution in [2.24, 2.45) is 0 Å². The molecule has 0 aliphatic carbocycles. The van der Waals surface area contributed by atoms with Gasteiger partial charge < -0.3 is 0 Å². The van der Waals surface area contributed by atoms with Crippen molar-refractivity contribution in [3.8, 4) is 0 Å². The molecular weight excluding hydrogens is 357 g/mol. The molecule has 0 radical (unpaired) electrons. The molecule has 7 heteroatoms. The molecule has 1 aromatic carbocycles. The summed E-state index contributed by atoms with van der Waals surface area (Å²) in [5.41, 5.74) is -1.16. The molecule has 1 aromatic heterocycles. The number of benzene rings is 1. The first-order chi connectivity index (χ1) is 11.3. The Labute approximate surface area is 148 Å². The number of rotatable bonds is 3. The largest absolute Gasteiger partial charge is 0.403 e. The van der Waals surface area contributed by atoms with Crippen LogP contribution in [-0.4, -0.2) is 22.2 Å². The smallest absolute Gasteiger partial charge is 0.262 e. The second kappa shape index (κ2) is 6.15. The zero-order chi connectivity index (χ0) is 17.5. The number of para-hydroxylation sites is 1. The molecule has 2 nitrogen and oxygen atoms in total. The van der Waals surface area contributed by atoms with E-state index in [9.17, 15) is 13.2 Å². The number of thioether (sulfide) groups is 1. The fourth-order valence-corrected chi connectivity index (χ4v) is 4.36. The molecule has 0 saturated heterocycles. The highest BCUT2D eigenvalue weighted by Crippen LogP contribution is 2.57. The van der Waals surface area contributed by atoms with Crippen molar-refractivity contribution in [3.05, 3.63) is 53.9 Å². The van der Waals surface area contributed by atoms with Crippen LogP contribution in [0.1, 0.15) is 25.0 Å². The lowest BCUT2D eigenvalue weighted by Gasteiger charge is -2.44. The zero-order valence-corrected chi connectivity index (χ0v) is 14.7. The Kier molecular flexibility index (Phi) is 4.47. The number of halogens is 4. The summed E-state index contributed by atoms with van der Waals surface area (Å²) in [6.07, 6.45) is -1.68. The molecule has 24 heavy (non-hydrogen) atoms. The summed E-state index contributed by atoms with van der Waals surface area (Å²) in [7, 11) is 0. The quantitative estimate of drug-likeness (QED) is 0.645. The van der Waals surface area contributed by atoms with Crippen LogP contribution in [-0.2, 0) is 5.41 Å². The van der Waals surface area contributed by atoms with Gasteiger partial charge in [0.1, 0.15) is 5.41 Å². The Morgan fingerprint density at radius 3 is 2.50 bits per heavy atom. The van der Waals surface area contributed by atoms with Crippen molar-refractivity contribution >= 4 is 34.9 Å². The van der Waals surface area contributed by atoms with Crippen LogP contribution in [0.2, 0.25) is 0 Å². The van der Waals surface area contributed by atoms with Gasteiger partial charge in [0.2, 0.25) is 0 Å². The number of hydrogen-bond donors (Lipinski definition) is 0. The van der Waals surface area contributed by atoms with Crippen molar-refractivity contribution in [2.45, 2.75) is 30.7 Å². The van der Waals surface area contributed by atoms with Crippen molar-refractivity contribution in [1.82, 2.24) is 4.98 Å². The van der Waals surface area contributed by atoms with E-state index in [1.54, 1.807) is 18.2 Å². The Morgan fingerprint density at radius 1 is 1.17 bits per heavy atom. The molecule has 0 bridgehead atoms. The Hall–Kier alpha value is -1.40. The zero-order valence-electron chi connectivity index (χ0n) is 13.1. The maximum Gasteiger partial charge on any atom is 0.403 e. The number of pyridine rings is 1. The average molecular weight is 373 g/mol. The van der Waals surface area contributed by atoms with E-state index in [1.807, 2.05) is 13.8 Å². The van der Waals surface area contributed by atoms with Gasteiger partial charge in [-0.25, -0.2) is 0 Å². The lowest BCUT2D eigenvalue weighted by molar-refractivity contribution is -0.171. The van der Waals surface area contributed by atoms with Gasteiger partial charge in [-0.3, -0.25) is 9.40 Å². The summed E-state index contributed by atoms with van der Waals surface area (Å²) in [4.78, 5) is 3.96. The van der Waals surface area contributed by atoms with E-state index >= 15 is 0 Å². The first kappa shape index (κ1) is 17.4. The number of hydrogen-bond acceptors (Lipinski definition) is 3. The number of aromatic nitrogens is 1. The van der Waals surface area contributed by atoms with Crippen molar-refractivity contribution < 1.29 is 13.2 Å². The number of fused-ring (bicyclic) bond motifs is 2. The van der Waals surface area contributed by atoms with Crippen molar-refractivity contribution in [3.63, 3.8) is 0 Å². The molecule has 2 aromatic rings. The number of anilines is 2. The Balaban J connectivity index is 2.33. The van der Waals surface area contributed by atoms with Crippen molar-refractivity contribution in [2.75, 3.05) is 10.2 Å². The third-order valence-corrected chi connectivity index (χ3v) is 5.79. The molecule has 0 spiro atoms. The first-order valence-corrected chi connectivity index (χ1v) is 8.86. The van der Waals surface area contributed by atoms with Gasteiger partial charge in [-0.15, -0.1) is 0 Å². The molecule has 2 heterocycles. The van der Waals surface area contributed by atoms with Gasteiger partial charge in [0.05, 0.1) is 17.6 Å². The maximum absolute atomic E-state index is 14.4. The van der Waals surface area contributed by atoms with Gasteiger partial charge in [0, 0.05) is 29.3 Å². The van der Waals surface area contributed by atoms with Crippen LogP contribution in [0.25, 0.3) is 0 Å². The minimum atomic E-state index is -4.46. The summed E-state index contributed by atoms with van der Waals surface area (Å²) in [6, 6.07) is 7.86. The Morgan fingerprint density at radius 2 is 1.83 bits per heavy atom. The molecular formula is C17H16ClF3N2S. The fraction of sp³-hybridized carbons (Fsp3) is 0.353. The van der Waals surface area contributed by atoms with E-state index in [0.29, 0.717) is 5.69 Å². The van der Waals surface area contributed by atoms with Crippen LogP contribution in [0.4, 0.5) is 24.5 Å². The summed E-state index contributed by atoms with van der Waals surface area (Å²) in [5.74, 6) is -0.104. The summed E-state index contributed by atoms with van der Waals surface area (Å²) < 4.78 is 44.6. The van der Waals surface area contributed by atoms with Crippen LogP contribution in [0.5, 0.6) is 0 Å². The van der Waals surface area contributed by atoms with Gasteiger partial charge in [0.15, 0.2) is 0 Å². The highest BCUT2D eigenvalue weighted by atomic mass is 35.5. The summed E-state index contributed by atoms with van der Waals surface area (Å²) in [6.45, 7) is 3.79. The second-order valence-corrected chi connectivity index (χ2v) is 7.86. The molecule has 0 saturated carbocycles. The van der Waals surface area contributed by atoms with E-state index < -0.39 is 11.6 Å². The molecule has 0 fully saturated rings. The highest BCUT2D eigenvalue weighted by molar-refractivity contribution is 7.99. The molecule has 3 rings (SSSR count). The normalized spacial score (nSPS) is 20.0. The van der Waals surface area contributed by atoms with Crippen molar-refractivity contribution in [1.29, 1.82) is 0 Å². The standard InChI is InChI=1S/C17H16ClF3N2S/c1-11(2)24-10-16(17(19,20)21)12-5-3-4-6-14(12)23(18)15-9-22-8-7-13(15)16/h3-9,11H,10H2,1-2H3. The van der Waals surface area contributed by atoms with Gasteiger partial charge >= 0.3 is 6.18 Å². The summed E-state index contributed by atoms with van der Waals surface area (Å²) >= 11 is 7.63. The van der Waals surface area contributed by atoms with Crippen LogP contribution in [0.3, 0.4) is 0 Å². The van der Waals surface area contributed by atoms with E-state index in [0.717, 1.165) is 0 Å². The minimum absolute atomic E-state index is 0.0794. The first-order valence-electron chi connectivity index (χ1n) is 7.47. The number of alkyl halides is 3. The number of nitrogens with zero attached hydrogens (tertiary/aromatic N) is 2. The van der Waals surface area contributed by atoms with E-state index in [2.05, 4.69) is 4.98 Å². The van der Waals surface area contributed by atoms with Crippen LogP contribution in [0.15, 0.2) is 42.7 Å². The third kappa shape index (κ3) is 2.56. The lowest BCUT2D eigenvalue weighted by Crippen LogP contribution is -2.49. The SMILES string of the molecule is CC(C)SCC1(C(F)(F)F)c2ccccc2N(Cl)c2cnccc21. The monoisotopic (exact) mass is 372 g/mol. The average Bonchev–Trinajstić information content (AvgIpc) is 2.54. The highest BCUT2D eigenvalue weighted by Gasteiger charge is 2.60. The van der Waals surface area contributed by atoms with Gasteiger partial charge in [0.25, 0.3) is 0 Å². The molecule has 0 N–H and O–H groups in total. The predicted octanol–water partition coefficient (Wildman–Crippen LogP) is 5.68. The molecule has 1 aliphatic rings. The van der Waals surface area contributed by atoms with Crippen LogP contribution in [0, 0.1) is 0 Å². The van der Waals surface area contributed by atoms with E-state index in [4.69, 9.17) is 11.8 Å². The van der Waals surface area contributed by atoms with Gasteiger partial charge in [-0.2, -0.15) is 24.9 Å². The lowest BCUT2D eigenvalue weighted by atomic mass is 9.72. The van der Waals surface area contributed by atoms with E-state index in [-0.39, 0.29) is 27.8 Å². The fourth-order valence-electron chi connectivity index (χ4n) is 3.02. The minimum Gasteiger partial charge on any atom is -0.262 e. The van der Waals surface area contributed by atoms with E-state index in [1.165, 1.54) is 40.7 Å². The predicted molar refractivity (Wildman–Crippen MR) is 93.1 cm³/mol. The van der Waals surface area contributed by atoms with Crippen LogP contribution >= 0.6 is 23.5 Å². The molecule has 0 amide bonds. The molecule has 1 aliphatic heterocycles. The third-order valence-electron chi connectivity index (χ3n) is 4.16. The summed E-state index contributed by atoms with van der Waals surface area (Å²) in [5, 5.41) is 0.0794. The molecule has 1 unspecified atom stereocenters. The molecule has 128 valence electrons.